The minimum Gasteiger partial charge on any atom is -0.333 e. The van der Waals surface area contributed by atoms with Crippen LogP contribution in [0.5, 0.6) is 0 Å². The van der Waals surface area contributed by atoms with Gasteiger partial charge in [-0.2, -0.15) is 13.2 Å². The Balaban J connectivity index is 1.86. The third-order valence-corrected chi connectivity index (χ3v) is 3.42. The number of H-pyrrole nitrogens is 1. The van der Waals surface area contributed by atoms with Crippen LogP contribution in [0.4, 0.5) is 26.7 Å². The van der Waals surface area contributed by atoms with Crippen molar-refractivity contribution in [2.45, 2.75) is 11.3 Å². The number of nitrogens with one attached hydrogen (secondary N) is 3. The fraction of sp³-hybridized carbons (Fsp3) is 0.250. The fourth-order valence-corrected chi connectivity index (χ4v) is 2.26. The summed E-state index contributed by atoms with van der Waals surface area (Å²) < 4.78 is 61.8. The Hall–Kier alpha value is -2.37. The summed E-state index contributed by atoms with van der Waals surface area (Å²) in [4.78, 5) is 29.0. The van der Waals surface area contributed by atoms with Gasteiger partial charge in [-0.15, -0.1) is 0 Å². The standard InChI is InChI=1S/C12H9F5N4O2S/c13-5-1-7-8(2-6(5)14)20-11(19-7)24-3-9(22)21-10(23)18-4-12(15,16)17/h1-2H,3-4H2,(H,19,20)(H2,18,21,22,23). The molecule has 1 heterocycles. The average Bonchev–Trinajstić information content (AvgIpc) is 2.84. The normalized spacial score (nSPS) is 11.5. The molecule has 3 N–H and O–H groups in total. The molecule has 0 saturated carbocycles. The van der Waals surface area contributed by atoms with Crippen LogP contribution in [0.3, 0.4) is 0 Å². The summed E-state index contributed by atoms with van der Waals surface area (Å²) in [5.74, 6) is -3.35. The first-order valence-corrected chi connectivity index (χ1v) is 7.24. The van der Waals surface area contributed by atoms with E-state index in [4.69, 9.17) is 0 Å². The maximum absolute atomic E-state index is 13.1. The number of urea groups is 1. The van der Waals surface area contributed by atoms with Gasteiger partial charge in [0.05, 0.1) is 16.8 Å². The number of amides is 3. The highest BCUT2D eigenvalue weighted by Crippen LogP contribution is 2.21. The van der Waals surface area contributed by atoms with Crippen molar-refractivity contribution in [2.24, 2.45) is 0 Å². The third-order valence-electron chi connectivity index (χ3n) is 2.54. The van der Waals surface area contributed by atoms with Crippen LogP contribution < -0.4 is 10.6 Å². The molecule has 0 aliphatic carbocycles. The SMILES string of the molecule is O=C(CSc1nc2cc(F)c(F)cc2[nH]1)NC(=O)NCC(F)(F)F. The first-order chi connectivity index (χ1) is 11.1. The molecule has 1 aromatic carbocycles. The van der Waals surface area contributed by atoms with Gasteiger partial charge in [0, 0.05) is 12.1 Å². The smallest absolute Gasteiger partial charge is 0.333 e. The molecule has 0 bridgehead atoms. The molecule has 0 aliphatic heterocycles. The van der Waals surface area contributed by atoms with E-state index in [2.05, 4.69) is 9.97 Å². The fourth-order valence-electron chi connectivity index (χ4n) is 1.57. The lowest BCUT2D eigenvalue weighted by Gasteiger charge is -2.08. The van der Waals surface area contributed by atoms with Crippen LogP contribution in [0.25, 0.3) is 11.0 Å². The molecule has 12 heteroatoms. The van der Waals surface area contributed by atoms with Crippen LogP contribution >= 0.6 is 11.8 Å². The van der Waals surface area contributed by atoms with E-state index in [0.717, 1.165) is 23.9 Å². The Morgan fingerprint density at radius 2 is 1.88 bits per heavy atom. The van der Waals surface area contributed by atoms with Gasteiger partial charge >= 0.3 is 12.2 Å². The molecule has 2 rings (SSSR count). The number of carbonyl (C=O) groups excluding carboxylic acids is 2. The zero-order valence-corrected chi connectivity index (χ0v) is 12.4. The van der Waals surface area contributed by atoms with Gasteiger partial charge in [0.1, 0.15) is 6.54 Å². The van der Waals surface area contributed by atoms with Crippen LogP contribution in [0, 0.1) is 11.6 Å². The quantitative estimate of drug-likeness (QED) is 0.571. The molecule has 1 aromatic heterocycles. The number of nitrogens with zero attached hydrogens (tertiary/aromatic N) is 1. The predicted octanol–water partition coefficient (Wildman–Crippen LogP) is 2.32. The highest BCUT2D eigenvalue weighted by atomic mass is 32.2. The van der Waals surface area contributed by atoms with Gasteiger partial charge in [0.15, 0.2) is 16.8 Å². The number of aromatic amines is 1. The van der Waals surface area contributed by atoms with Crippen LogP contribution in [-0.4, -0.2) is 40.4 Å². The molecule has 0 atom stereocenters. The molecular weight excluding hydrogens is 359 g/mol. The van der Waals surface area contributed by atoms with Gasteiger partial charge in [-0.05, 0) is 0 Å². The van der Waals surface area contributed by atoms with E-state index in [0.29, 0.717) is 0 Å². The van der Waals surface area contributed by atoms with E-state index >= 15 is 0 Å². The minimum atomic E-state index is -4.59. The zero-order chi connectivity index (χ0) is 17.9. The van der Waals surface area contributed by atoms with E-state index in [-0.39, 0.29) is 21.9 Å². The summed E-state index contributed by atoms with van der Waals surface area (Å²) in [5, 5.41) is 3.33. The van der Waals surface area contributed by atoms with Crippen molar-refractivity contribution in [3.63, 3.8) is 0 Å². The topological polar surface area (TPSA) is 86.9 Å². The number of aromatic nitrogens is 2. The average molecular weight is 368 g/mol. The predicted molar refractivity (Wildman–Crippen MR) is 74.3 cm³/mol. The van der Waals surface area contributed by atoms with Gasteiger partial charge in [-0.3, -0.25) is 10.1 Å². The Labute approximate surface area is 135 Å². The highest BCUT2D eigenvalue weighted by Gasteiger charge is 2.28. The summed E-state index contributed by atoms with van der Waals surface area (Å²) in [6.07, 6.45) is -4.59. The van der Waals surface area contributed by atoms with Crippen molar-refractivity contribution >= 4 is 34.7 Å². The van der Waals surface area contributed by atoms with E-state index in [9.17, 15) is 31.5 Å². The highest BCUT2D eigenvalue weighted by molar-refractivity contribution is 7.99. The monoisotopic (exact) mass is 368 g/mol. The molecule has 0 aliphatic rings. The molecular formula is C12H9F5N4O2S. The van der Waals surface area contributed by atoms with Crippen molar-refractivity contribution in [3.05, 3.63) is 23.8 Å². The number of hydrogen-bond donors (Lipinski definition) is 3. The molecule has 3 amide bonds. The second-order valence-electron chi connectivity index (χ2n) is 4.46. The van der Waals surface area contributed by atoms with Crippen molar-refractivity contribution < 1.29 is 31.5 Å². The lowest BCUT2D eigenvalue weighted by atomic mass is 10.3. The maximum Gasteiger partial charge on any atom is 0.405 e. The lowest BCUT2D eigenvalue weighted by molar-refractivity contribution is -0.124. The van der Waals surface area contributed by atoms with Gasteiger partial charge in [0.25, 0.3) is 0 Å². The van der Waals surface area contributed by atoms with E-state index in [1.807, 2.05) is 0 Å². The number of fused-ring (bicyclic) bond motifs is 1. The molecule has 6 nitrogen and oxygen atoms in total. The lowest BCUT2D eigenvalue weighted by Crippen LogP contribution is -2.43. The summed E-state index contributed by atoms with van der Waals surface area (Å²) in [6.45, 7) is -1.57. The van der Waals surface area contributed by atoms with Gasteiger partial charge in [-0.1, -0.05) is 11.8 Å². The number of imide groups is 1. The number of thioether (sulfide) groups is 1. The molecule has 2 aromatic rings. The second kappa shape index (κ2) is 7.03. The number of alkyl halides is 3. The molecule has 130 valence electrons. The van der Waals surface area contributed by atoms with Crippen LogP contribution in [0.1, 0.15) is 0 Å². The molecule has 0 spiro atoms. The number of rotatable bonds is 4. The van der Waals surface area contributed by atoms with Gasteiger partial charge < -0.3 is 10.3 Å². The molecule has 24 heavy (non-hydrogen) atoms. The molecule has 0 radical (unpaired) electrons. The third kappa shape index (κ3) is 5.08. The number of hydrogen-bond acceptors (Lipinski definition) is 4. The largest absolute Gasteiger partial charge is 0.405 e. The zero-order valence-electron chi connectivity index (χ0n) is 11.6. The Bertz CT molecular complexity index is 738. The number of carbonyl (C=O) groups is 2. The molecule has 0 fully saturated rings. The van der Waals surface area contributed by atoms with Crippen molar-refractivity contribution in [1.29, 1.82) is 0 Å². The van der Waals surface area contributed by atoms with Gasteiger partial charge in [0.2, 0.25) is 5.91 Å². The summed E-state index contributed by atoms with van der Waals surface area (Å²) >= 11 is 0.806. The summed E-state index contributed by atoms with van der Waals surface area (Å²) in [5.41, 5.74) is 0.347. The first kappa shape index (κ1) is 18.0. The Morgan fingerprint density at radius 3 is 2.54 bits per heavy atom. The summed E-state index contributed by atoms with van der Waals surface area (Å²) in [7, 11) is 0. The summed E-state index contributed by atoms with van der Waals surface area (Å²) in [6, 6.07) is 0.481. The number of imidazole rings is 1. The van der Waals surface area contributed by atoms with E-state index in [1.54, 1.807) is 5.32 Å². The number of benzene rings is 1. The van der Waals surface area contributed by atoms with E-state index < -0.39 is 36.3 Å². The number of halogens is 5. The van der Waals surface area contributed by atoms with Crippen LogP contribution in [-0.2, 0) is 4.79 Å². The van der Waals surface area contributed by atoms with Crippen LogP contribution in [0.15, 0.2) is 17.3 Å². The maximum atomic E-state index is 13.1. The molecule has 0 saturated heterocycles. The van der Waals surface area contributed by atoms with Crippen LogP contribution in [0.2, 0.25) is 0 Å². The van der Waals surface area contributed by atoms with Gasteiger partial charge in [-0.25, -0.2) is 18.6 Å². The Kier molecular flexibility index (Phi) is 5.26. The minimum absolute atomic E-state index is 0.139. The van der Waals surface area contributed by atoms with E-state index in [1.165, 1.54) is 5.32 Å². The second-order valence-corrected chi connectivity index (χ2v) is 5.42. The Morgan fingerprint density at radius 1 is 1.21 bits per heavy atom. The van der Waals surface area contributed by atoms with Crippen molar-refractivity contribution in [2.75, 3.05) is 12.3 Å². The van der Waals surface area contributed by atoms with Crippen molar-refractivity contribution in [1.82, 2.24) is 20.6 Å². The first-order valence-electron chi connectivity index (χ1n) is 6.26. The van der Waals surface area contributed by atoms with Crippen molar-refractivity contribution in [3.8, 4) is 0 Å². The molecule has 0 unspecified atom stereocenters.